The highest BCUT2D eigenvalue weighted by Crippen LogP contribution is 2.37. The Balaban J connectivity index is 2.40. The molecule has 0 amide bonds. The average molecular weight is 426 g/mol. The van der Waals surface area contributed by atoms with Gasteiger partial charge in [0.2, 0.25) is 10.0 Å². The quantitative estimate of drug-likeness (QED) is 0.610. The first-order chi connectivity index (χ1) is 13.7. The predicted octanol–water partition coefficient (Wildman–Crippen LogP) is 2.30. The van der Waals surface area contributed by atoms with Crippen LogP contribution in [0.1, 0.15) is 24.5 Å². The number of nitrogens with zero attached hydrogens (tertiary/aromatic N) is 1. The molecule has 2 aromatic carbocycles. The Bertz CT molecular complexity index is 904. The highest BCUT2D eigenvalue weighted by Gasteiger charge is 2.46. The number of methoxy groups -OCH3 is 1. The first-order valence-electron chi connectivity index (χ1n) is 9.25. The Morgan fingerprint density at radius 2 is 1.76 bits per heavy atom. The Kier molecular flexibility index (Phi) is 7.76. The zero-order valence-corrected chi connectivity index (χ0v) is 17.7. The second kappa shape index (κ2) is 9.67. The molecule has 0 heterocycles. The molecule has 2 atom stereocenters. The summed E-state index contributed by atoms with van der Waals surface area (Å²) in [6, 6.07) is 12.8. The fourth-order valence-electron chi connectivity index (χ4n) is 3.55. The second-order valence-electron chi connectivity index (χ2n) is 7.19. The van der Waals surface area contributed by atoms with Crippen LogP contribution in [-0.2, 0) is 22.0 Å². The summed E-state index contributed by atoms with van der Waals surface area (Å²) in [4.78, 5) is 0. The second-order valence-corrected chi connectivity index (χ2v) is 9.41. The van der Waals surface area contributed by atoms with Crippen LogP contribution >= 0.6 is 0 Å². The molecule has 2 N–H and O–H groups in total. The lowest BCUT2D eigenvalue weighted by atomic mass is 9.76. The Hall–Kier alpha value is -2.00. The number of aliphatic hydroxyl groups excluding tert-OH is 2. The third-order valence-electron chi connectivity index (χ3n) is 5.36. The van der Waals surface area contributed by atoms with Crippen molar-refractivity contribution in [3.05, 3.63) is 65.5 Å². The van der Waals surface area contributed by atoms with Crippen molar-refractivity contribution in [3.8, 4) is 5.75 Å². The third-order valence-corrected chi connectivity index (χ3v) is 7.74. The van der Waals surface area contributed by atoms with Gasteiger partial charge in [-0.2, -0.15) is 0 Å². The molecule has 0 radical (unpaired) electrons. The molecule has 0 saturated carbocycles. The molecular weight excluding hydrogens is 397 g/mol. The zero-order valence-electron chi connectivity index (χ0n) is 16.9. The molecule has 29 heavy (non-hydrogen) atoms. The maximum atomic E-state index is 14.5. The third kappa shape index (κ3) is 4.95. The van der Waals surface area contributed by atoms with Crippen molar-refractivity contribution in [2.45, 2.75) is 30.6 Å². The first-order valence-corrected chi connectivity index (χ1v) is 10.8. The summed E-state index contributed by atoms with van der Waals surface area (Å²) in [5.41, 5.74) is -0.431. The van der Waals surface area contributed by atoms with Gasteiger partial charge in [-0.25, -0.2) is 17.1 Å². The van der Waals surface area contributed by atoms with E-state index in [-0.39, 0.29) is 25.1 Å². The lowest BCUT2D eigenvalue weighted by molar-refractivity contribution is 0.196. The minimum Gasteiger partial charge on any atom is -0.497 e. The molecule has 0 bridgehead atoms. The molecule has 0 aliphatic carbocycles. The van der Waals surface area contributed by atoms with E-state index in [9.17, 15) is 23.0 Å². The van der Waals surface area contributed by atoms with Crippen LogP contribution in [0.5, 0.6) is 5.75 Å². The van der Waals surface area contributed by atoms with Gasteiger partial charge >= 0.3 is 0 Å². The number of rotatable bonds is 10. The number of hydrogen-bond donors (Lipinski definition) is 2. The van der Waals surface area contributed by atoms with E-state index in [1.807, 2.05) is 0 Å². The van der Waals surface area contributed by atoms with E-state index < -0.39 is 33.1 Å². The van der Waals surface area contributed by atoms with Crippen LogP contribution < -0.4 is 4.74 Å². The summed E-state index contributed by atoms with van der Waals surface area (Å²) in [6.45, 7) is 0.579. The summed E-state index contributed by atoms with van der Waals surface area (Å²) >= 11 is 0. The maximum Gasteiger partial charge on any atom is 0.220 e. The van der Waals surface area contributed by atoms with E-state index in [0.29, 0.717) is 5.75 Å². The molecule has 2 aromatic rings. The van der Waals surface area contributed by atoms with Crippen LogP contribution in [0.2, 0.25) is 0 Å². The van der Waals surface area contributed by atoms with E-state index in [1.165, 1.54) is 25.2 Å². The zero-order chi connectivity index (χ0) is 21.7. The van der Waals surface area contributed by atoms with Gasteiger partial charge in [0.05, 0.1) is 13.7 Å². The van der Waals surface area contributed by atoms with Crippen LogP contribution in [0, 0.1) is 5.82 Å². The van der Waals surface area contributed by atoms with Crippen LogP contribution in [0.4, 0.5) is 4.39 Å². The van der Waals surface area contributed by atoms with Gasteiger partial charge < -0.3 is 14.9 Å². The summed E-state index contributed by atoms with van der Waals surface area (Å²) in [5, 5.41) is 18.3. The Morgan fingerprint density at radius 3 is 2.28 bits per heavy atom. The van der Waals surface area contributed by atoms with Crippen molar-refractivity contribution >= 4 is 10.0 Å². The standard InChI is InChI=1S/C21H28FNO5S/c1-21(12-13-24,18-6-4-5-7-19(18)22)20(15-25)29(26,27)23(2)14-16-8-10-17(28-3)11-9-16/h4-11,20,24-25H,12-15H2,1-3H3. The van der Waals surface area contributed by atoms with Gasteiger partial charge in [0.15, 0.2) is 0 Å². The number of halogens is 1. The molecule has 2 unspecified atom stereocenters. The molecule has 0 fully saturated rings. The summed E-state index contributed by atoms with van der Waals surface area (Å²) in [7, 11) is -1.07. The normalized spacial score (nSPS) is 15.1. The van der Waals surface area contributed by atoms with Crippen LogP contribution in [-0.4, -0.2) is 55.6 Å². The van der Waals surface area contributed by atoms with Crippen LogP contribution in [0.3, 0.4) is 0 Å². The first kappa shape index (κ1) is 23.3. The van der Waals surface area contributed by atoms with E-state index in [1.54, 1.807) is 44.4 Å². The minimum absolute atomic E-state index is 0.0191. The van der Waals surface area contributed by atoms with E-state index in [2.05, 4.69) is 0 Å². The molecule has 0 aliphatic heterocycles. The monoisotopic (exact) mass is 425 g/mol. The number of benzene rings is 2. The molecule has 0 saturated heterocycles. The SMILES string of the molecule is COc1ccc(CN(C)S(=O)(=O)C(CO)C(C)(CCO)c2ccccc2F)cc1. The van der Waals surface area contributed by atoms with E-state index in [0.717, 1.165) is 9.87 Å². The molecule has 0 spiro atoms. The smallest absolute Gasteiger partial charge is 0.220 e. The molecule has 6 nitrogen and oxygen atoms in total. The Morgan fingerprint density at radius 1 is 1.14 bits per heavy atom. The number of hydrogen-bond acceptors (Lipinski definition) is 5. The fraction of sp³-hybridized carbons (Fsp3) is 0.429. The fourth-order valence-corrected chi connectivity index (χ4v) is 5.40. The predicted molar refractivity (Wildman–Crippen MR) is 110 cm³/mol. The molecule has 160 valence electrons. The topological polar surface area (TPSA) is 87.1 Å². The molecular formula is C21H28FNO5S. The largest absolute Gasteiger partial charge is 0.497 e. The number of aliphatic hydroxyl groups is 2. The highest BCUT2D eigenvalue weighted by molar-refractivity contribution is 7.89. The maximum absolute atomic E-state index is 14.5. The van der Waals surface area contributed by atoms with Crippen molar-refractivity contribution in [1.82, 2.24) is 4.31 Å². The van der Waals surface area contributed by atoms with Gasteiger partial charge in [-0.3, -0.25) is 0 Å². The van der Waals surface area contributed by atoms with Gasteiger partial charge in [0, 0.05) is 25.6 Å². The van der Waals surface area contributed by atoms with Crippen molar-refractivity contribution in [2.75, 3.05) is 27.4 Å². The van der Waals surface area contributed by atoms with Gasteiger partial charge in [0.25, 0.3) is 0 Å². The highest BCUT2D eigenvalue weighted by atomic mass is 32.2. The minimum atomic E-state index is -4.04. The molecule has 2 rings (SSSR count). The molecule has 0 aromatic heterocycles. The van der Waals surface area contributed by atoms with Crippen molar-refractivity contribution in [2.24, 2.45) is 0 Å². The lowest BCUT2D eigenvalue weighted by Crippen LogP contribution is -2.50. The summed E-state index contributed by atoms with van der Waals surface area (Å²) in [5.74, 6) is 0.0810. The molecule has 0 aliphatic rings. The van der Waals surface area contributed by atoms with Crippen molar-refractivity contribution in [3.63, 3.8) is 0 Å². The van der Waals surface area contributed by atoms with Gasteiger partial charge in [0.1, 0.15) is 16.8 Å². The van der Waals surface area contributed by atoms with Gasteiger partial charge in [-0.05, 0) is 35.7 Å². The van der Waals surface area contributed by atoms with Gasteiger partial charge in [-0.1, -0.05) is 37.3 Å². The average Bonchev–Trinajstić information content (AvgIpc) is 2.69. The number of sulfonamides is 1. The van der Waals surface area contributed by atoms with Crippen molar-refractivity contribution in [1.29, 1.82) is 0 Å². The van der Waals surface area contributed by atoms with Crippen LogP contribution in [0.25, 0.3) is 0 Å². The van der Waals surface area contributed by atoms with E-state index in [4.69, 9.17) is 4.74 Å². The lowest BCUT2D eigenvalue weighted by Gasteiger charge is -2.38. The Labute approximate surface area is 171 Å². The summed E-state index contributed by atoms with van der Waals surface area (Å²) < 4.78 is 47.4. The van der Waals surface area contributed by atoms with Crippen molar-refractivity contribution < 1.29 is 27.8 Å². The number of ether oxygens (including phenoxy) is 1. The van der Waals surface area contributed by atoms with E-state index >= 15 is 0 Å². The molecule has 8 heteroatoms. The van der Waals surface area contributed by atoms with Crippen LogP contribution in [0.15, 0.2) is 48.5 Å². The summed E-state index contributed by atoms with van der Waals surface area (Å²) in [6.07, 6.45) is -0.0191. The van der Waals surface area contributed by atoms with Gasteiger partial charge in [-0.15, -0.1) is 0 Å².